The Morgan fingerprint density at radius 3 is 2.52 bits per heavy atom. The maximum absolute atomic E-state index is 13.3. The van der Waals surface area contributed by atoms with E-state index in [4.69, 9.17) is 0 Å². The fourth-order valence-electron chi connectivity index (χ4n) is 4.11. The molecule has 2 heterocycles. The SMILES string of the molecule is CC(=O)[C@@H]1CNC(c2ccccc2)=C[C@]12C(=O)N(C)c1ccccc12. The number of carbonyl (C=O) groups is 2. The first-order chi connectivity index (χ1) is 12.1. The van der Waals surface area contributed by atoms with Crippen LogP contribution in [0.2, 0.25) is 0 Å². The largest absolute Gasteiger partial charge is 0.384 e. The van der Waals surface area contributed by atoms with Crippen LogP contribution < -0.4 is 10.2 Å². The van der Waals surface area contributed by atoms with E-state index < -0.39 is 11.3 Å². The van der Waals surface area contributed by atoms with Crippen LogP contribution in [0.15, 0.2) is 60.7 Å². The van der Waals surface area contributed by atoms with Crippen LogP contribution in [-0.4, -0.2) is 25.3 Å². The van der Waals surface area contributed by atoms with E-state index in [1.807, 2.05) is 60.7 Å². The van der Waals surface area contributed by atoms with Gasteiger partial charge in [0.15, 0.2) is 0 Å². The van der Waals surface area contributed by atoms with Gasteiger partial charge in [0.05, 0.1) is 5.92 Å². The number of benzene rings is 2. The fourth-order valence-corrected chi connectivity index (χ4v) is 4.11. The summed E-state index contributed by atoms with van der Waals surface area (Å²) in [6.45, 7) is 2.02. The summed E-state index contributed by atoms with van der Waals surface area (Å²) in [5.74, 6) is -0.434. The van der Waals surface area contributed by atoms with Gasteiger partial charge in [-0.2, -0.15) is 0 Å². The molecule has 2 aliphatic heterocycles. The number of likely N-dealkylation sites (N-methyl/N-ethyl adjacent to an activating group) is 1. The number of Topliss-reactive ketones (excluding diaryl/α,β-unsaturated/α-hetero) is 1. The first kappa shape index (κ1) is 15.6. The summed E-state index contributed by atoms with van der Waals surface area (Å²) in [5.41, 5.74) is 2.77. The van der Waals surface area contributed by atoms with Crippen molar-refractivity contribution in [3.05, 3.63) is 71.8 Å². The summed E-state index contributed by atoms with van der Waals surface area (Å²) in [5, 5.41) is 3.35. The summed E-state index contributed by atoms with van der Waals surface area (Å²) in [7, 11) is 1.78. The Bertz CT molecular complexity index is 888. The third-order valence-corrected chi connectivity index (χ3v) is 5.36. The summed E-state index contributed by atoms with van der Waals surface area (Å²) in [4.78, 5) is 27.4. The number of nitrogens with one attached hydrogen (secondary N) is 1. The smallest absolute Gasteiger partial charge is 0.242 e. The van der Waals surface area contributed by atoms with E-state index in [1.165, 1.54) is 0 Å². The highest BCUT2D eigenvalue weighted by Gasteiger charge is 2.56. The van der Waals surface area contributed by atoms with Gasteiger partial charge in [0.25, 0.3) is 0 Å². The maximum atomic E-state index is 13.3. The van der Waals surface area contributed by atoms with E-state index in [0.29, 0.717) is 6.54 Å². The van der Waals surface area contributed by atoms with Crippen LogP contribution in [0, 0.1) is 5.92 Å². The third-order valence-electron chi connectivity index (χ3n) is 5.36. The number of para-hydroxylation sites is 1. The molecule has 1 spiro atoms. The second kappa shape index (κ2) is 5.59. The van der Waals surface area contributed by atoms with Crippen molar-refractivity contribution in [3.63, 3.8) is 0 Å². The topological polar surface area (TPSA) is 49.4 Å². The van der Waals surface area contributed by atoms with E-state index in [1.54, 1.807) is 18.9 Å². The Labute approximate surface area is 147 Å². The lowest BCUT2D eigenvalue weighted by Gasteiger charge is -2.38. The van der Waals surface area contributed by atoms with Crippen molar-refractivity contribution in [1.29, 1.82) is 0 Å². The zero-order valence-electron chi connectivity index (χ0n) is 14.3. The normalized spacial score (nSPS) is 24.7. The monoisotopic (exact) mass is 332 g/mol. The molecule has 0 aliphatic carbocycles. The zero-order chi connectivity index (χ0) is 17.6. The Kier molecular flexibility index (Phi) is 3.49. The van der Waals surface area contributed by atoms with E-state index >= 15 is 0 Å². The number of anilines is 1. The van der Waals surface area contributed by atoms with Crippen molar-refractivity contribution >= 4 is 23.1 Å². The number of amides is 1. The van der Waals surface area contributed by atoms with Crippen LogP contribution in [0.25, 0.3) is 5.70 Å². The highest BCUT2D eigenvalue weighted by molar-refractivity contribution is 6.13. The van der Waals surface area contributed by atoms with Crippen LogP contribution >= 0.6 is 0 Å². The highest BCUT2D eigenvalue weighted by atomic mass is 16.2. The first-order valence-corrected chi connectivity index (χ1v) is 8.46. The predicted octanol–water partition coefficient (Wildman–Crippen LogP) is 2.75. The average molecular weight is 332 g/mol. The summed E-state index contributed by atoms with van der Waals surface area (Å²) in [6.07, 6.45) is 1.96. The number of nitrogens with zero attached hydrogens (tertiary/aromatic N) is 1. The van der Waals surface area contributed by atoms with Gasteiger partial charge in [0, 0.05) is 25.0 Å². The number of hydrogen-bond donors (Lipinski definition) is 1. The van der Waals surface area contributed by atoms with Crippen molar-refractivity contribution in [3.8, 4) is 0 Å². The molecule has 1 amide bonds. The van der Waals surface area contributed by atoms with E-state index in [0.717, 1.165) is 22.5 Å². The van der Waals surface area contributed by atoms with Crippen LogP contribution in [0.5, 0.6) is 0 Å². The number of ketones is 1. The predicted molar refractivity (Wildman–Crippen MR) is 98.1 cm³/mol. The molecule has 0 saturated heterocycles. The summed E-state index contributed by atoms with van der Waals surface area (Å²) < 4.78 is 0. The molecule has 2 atom stereocenters. The van der Waals surface area contributed by atoms with Gasteiger partial charge >= 0.3 is 0 Å². The second-order valence-electron chi connectivity index (χ2n) is 6.72. The summed E-state index contributed by atoms with van der Waals surface area (Å²) >= 11 is 0. The van der Waals surface area contributed by atoms with Gasteiger partial charge in [-0.05, 0) is 30.2 Å². The lowest BCUT2D eigenvalue weighted by Crippen LogP contribution is -2.52. The van der Waals surface area contributed by atoms with Crippen molar-refractivity contribution < 1.29 is 9.59 Å². The number of hydrogen-bond acceptors (Lipinski definition) is 3. The Hall–Kier alpha value is -2.88. The minimum absolute atomic E-state index is 0.0225. The molecule has 2 aromatic rings. The quantitative estimate of drug-likeness (QED) is 0.920. The van der Waals surface area contributed by atoms with Gasteiger partial charge < -0.3 is 10.2 Å². The molecule has 0 saturated carbocycles. The lowest BCUT2D eigenvalue weighted by atomic mass is 9.67. The molecule has 0 aromatic heterocycles. The van der Waals surface area contributed by atoms with Gasteiger partial charge in [0.1, 0.15) is 11.2 Å². The van der Waals surface area contributed by atoms with Gasteiger partial charge in [-0.3, -0.25) is 9.59 Å². The Morgan fingerprint density at radius 2 is 1.80 bits per heavy atom. The van der Waals surface area contributed by atoms with Gasteiger partial charge in [-0.25, -0.2) is 0 Å². The van der Waals surface area contributed by atoms with E-state index in [2.05, 4.69) is 5.32 Å². The van der Waals surface area contributed by atoms with Crippen molar-refractivity contribution in [2.75, 3.05) is 18.5 Å². The fraction of sp³-hybridized carbons (Fsp3) is 0.238. The van der Waals surface area contributed by atoms with Gasteiger partial charge in [-0.15, -0.1) is 0 Å². The van der Waals surface area contributed by atoms with E-state index in [9.17, 15) is 9.59 Å². The molecule has 126 valence electrons. The molecule has 2 aromatic carbocycles. The molecule has 4 nitrogen and oxygen atoms in total. The maximum Gasteiger partial charge on any atom is 0.242 e. The average Bonchev–Trinajstić information content (AvgIpc) is 2.85. The van der Waals surface area contributed by atoms with Crippen molar-refractivity contribution in [2.45, 2.75) is 12.3 Å². The van der Waals surface area contributed by atoms with Crippen molar-refractivity contribution in [2.24, 2.45) is 5.92 Å². The molecule has 1 N–H and O–H groups in total. The molecule has 0 fully saturated rings. The van der Waals surface area contributed by atoms with Gasteiger partial charge in [0.2, 0.25) is 5.91 Å². The minimum Gasteiger partial charge on any atom is -0.384 e. The first-order valence-electron chi connectivity index (χ1n) is 8.46. The van der Waals surface area contributed by atoms with Gasteiger partial charge in [-0.1, -0.05) is 48.5 Å². The molecule has 0 radical (unpaired) electrons. The second-order valence-corrected chi connectivity index (χ2v) is 6.72. The Morgan fingerprint density at radius 1 is 1.12 bits per heavy atom. The van der Waals surface area contributed by atoms with Crippen LogP contribution in [0.3, 0.4) is 0 Å². The molecular weight excluding hydrogens is 312 g/mol. The molecule has 4 rings (SSSR count). The number of fused-ring (bicyclic) bond motifs is 2. The van der Waals surface area contributed by atoms with E-state index in [-0.39, 0.29) is 11.7 Å². The summed E-state index contributed by atoms with van der Waals surface area (Å²) in [6, 6.07) is 17.7. The highest BCUT2D eigenvalue weighted by Crippen LogP contribution is 2.49. The third kappa shape index (κ3) is 2.14. The minimum atomic E-state index is -0.937. The standard InChI is InChI=1S/C21H20N2O2/c1-14(24)17-13-22-18(15-8-4-3-5-9-15)12-21(17)16-10-6-7-11-19(16)23(2)20(21)25/h3-12,17,22H,13H2,1-2H3/t17-,21+/m0/s1. The molecule has 25 heavy (non-hydrogen) atoms. The zero-order valence-corrected chi connectivity index (χ0v) is 14.3. The molecule has 0 bridgehead atoms. The molecule has 4 heteroatoms. The molecule has 2 aliphatic rings. The van der Waals surface area contributed by atoms with Crippen molar-refractivity contribution in [1.82, 2.24) is 5.32 Å². The molecule has 0 unspecified atom stereocenters. The molecular formula is C21H20N2O2. The van der Waals surface area contributed by atoms with Crippen LogP contribution in [0.1, 0.15) is 18.1 Å². The van der Waals surface area contributed by atoms with Crippen LogP contribution in [-0.2, 0) is 15.0 Å². The Balaban J connectivity index is 1.97. The number of rotatable bonds is 2. The van der Waals surface area contributed by atoms with Crippen LogP contribution in [0.4, 0.5) is 5.69 Å². The number of carbonyl (C=O) groups excluding carboxylic acids is 2. The lowest BCUT2D eigenvalue weighted by molar-refractivity contribution is -0.130.